The van der Waals surface area contributed by atoms with Crippen LogP contribution in [0.15, 0.2) is 65.9 Å². The minimum atomic E-state index is -0.524. The number of nitrogens with zero attached hydrogens (tertiary/aromatic N) is 4. The summed E-state index contributed by atoms with van der Waals surface area (Å²) in [5.74, 6) is -0.365. The average molecular weight is 359 g/mol. The quantitative estimate of drug-likeness (QED) is 0.575. The highest BCUT2D eigenvalue weighted by molar-refractivity contribution is 6.02. The largest absolute Gasteiger partial charge is 0.344 e. The highest BCUT2D eigenvalue weighted by Crippen LogP contribution is 2.23. The number of carbonyl (C=O) groups is 2. The molecule has 0 bridgehead atoms. The van der Waals surface area contributed by atoms with Gasteiger partial charge in [-0.1, -0.05) is 42.0 Å². The van der Waals surface area contributed by atoms with Gasteiger partial charge in [-0.3, -0.25) is 10.1 Å². The molecule has 3 amide bonds. The lowest BCUT2D eigenvalue weighted by Gasteiger charge is -2.04. The summed E-state index contributed by atoms with van der Waals surface area (Å²) < 4.78 is 1.77. The standard InChI is InChI=1S/C20H17N5O2/c1-14-6-5-7-15(10-14)19-16(11-21-25-13-18(26)22-20(25)27)12-24(23-19)17-8-3-2-4-9-17/h2-12H,13H2,1H3,(H,22,26,27)/b21-11-. The van der Waals surface area contributed by atoms with Gasteiger partial charge in [-0.05, 0) is 25.1 Å². The van der Waals surface area contributed by atoms with Crippen molar-refractivity contribution in [3.8, 4) is 16.9 Å². The van der Waals surface area contributed by atoms with Crippen molar-refractivity contribution in [3.63, 3.8) is 0 Å². The number of amides is 3. The molecular formula is C20H17N5O2. The van der Waals surface area contributed by atoms with Gasteiger partial charge in [-0.25, -0.2) is 14.5 Å². The first-order chi connectivity index (χ1) is 13.1. The van der Waals surface area contributed by atoms with E-state index in [1.54, 1.807) is 10.9 Å². The van der Waals surface area contributed by atoms with E-state index in [0.29, 0.717) is 0 Å². The van der Waals surface area contributed by atoms with E-state index in [1.165, 1.54) is 0 Å². The third-order valence-corrected chi connectivity index (χ3v) is 4.17. The zero-order chi connectivity index (χ0) is 18.8. The molecular weight excluding hydrogens is 342 g/mol. The van der Waals surface area contributed by atoms with E-state index in [2.05, 4.69) is 10.4 Å². The third-order valence-electron chi connectivity index (χ3n) is 4.17. The summed E-state index contributed by atoms with van der Waals surface area (Å²) in [4.78, 5) is 23.0. The predicted octanol–water partition coefficient (Wildman–Crippen LogP) is 2.73. The molecule has 1 fully saturated rings. The molecule has 3 aromatic rings. The number of imide groups is 1. The minimum Gasteiger partial charge on any atom is -0.275 e. The number of rotatable bonds is 4. The second-order valence-electron chi connectivity index (χ2n) is 6.24. The van der Waals surface area contributed by atoms with Crippen molar-refractivity contribution >= 4 is 18.2 Å². The summed E-state index contributed by atoms with van der Waals surface area (Å²) in [6, 6.07) is 17.2. The molecule has 134 valence electrons. The first-order valence-electron chi connectivity index (χ1n) is 8.47. The molecule has 0 saturated carbocycles. The van der Waals surface area contributed by atoms with Crippen molar-refractivity contribution in [2.24, 2.45) is 5.10 Å². The van der Waals surface area contributed by atoms with Crippen LogP contribution in [0.5, 0.6) is 0 Å². The van der Waals surface area contributed by atoms with Gasteiger partial charge in [0.05, 0.1) is 11.9 Å². The number of hydrogen-bond acceptors (Lipinski definition) is 4. The van der Waals surface area contributed by atoms with E-state index in [9.17, 15) is 9.59 Å². The molecule has 0 atom stereocenters. The van der Waals surface area contributed by atoms with Gasteiger partial charge in [-0.15, -0.1) is 0 Å². The van der Waals surface area contributed by atoms with Crippen LogP contribution >= 0.6 is 0 Å². The van der Waals surface area contributed by atoms with Crippen molar-refractivity contribution in [2.45, 2.75) is 6.92 Å². The summed E-state index contributed by atoms with van der Waals surface area (Å²) >= 11 is 0. The van der Waals surface area contributed by atoms with E-state index >= 15 is 0 Å². The normalized spacial score (nSPS) is 14.2. The Hall–Kier alpha value is -3.74. The Kier molecular flexibility index (Phi) is 4.25. The maximum Gasteiger partial charge on any atom is 0.344 e. The number of aryl methyl sites for hydroxylation is 1. The smallest absolute Gasteiger partial charge is 0.275 e. The van der Waals surface area contributed by atoms with Gasteiger partial charge in [0.15, 0.2) is 0 Å². The predicted molar refractivity (Wildman–Crippen MR) is 102 cm³/mol. The average Bonchev–Trinajstić information content (AvgIpc) is 3.23. The van der Waals surface area contributed by atoms with Crippen molar-refractivity contribution < 1.29 is 9.59 Å². The van der Waals surface area contributed by atoms with E-state index in [4.69, 9.17) is 5.10 Å². The van der Waals surface area contributed by atoms with Crippen LogP contribution in [0.3, 0.4) is 0 Å². The second kappa shape index (κ2) is 6.87. The van der Waals surface area contributed by atoms with Gasteiger partial charge in [-0.2, -0.15) is 10.2 Å². The Balaban J connectivity index is 1.75. The van der Waals surface area contributed by atoms with Crippen LogP contribution in [0.4, 0.5) is 4.79 Å². The molecule has 1 aromatic heterocycles. The topological polar surface area (TPSA) is 79.6 Å². The number of para-hydroxylation sites is 1. The molecule has 2 aromatic carbocycles. The molecule has 27 heavy (non-hydrogen) atoms. The second-order valence-corrected chi connectivity index (χ2v) is 6.24. The molecule has 1 saturated heterocycles. The van der Waals surface area contributed by atoms with Gasteiger partial charge in [0.1, 0.15) is 12.2 Å². The summed E-state index contributed by atoms with van der Waals surface area (Å²) in [6.07, 6.45) is 3.41. The molecule has 0 spiro atoms. The summed E-state index contributed by atoms with van der Waals surface area (Å²) in [6.45, 7) is 1.94. The summed E-state index contributed by atoms with van der Waals surface area (Å²) in [5.41, 5.74) is 4.48. The van der Waals surface area contributed by atoms with Gasteiger partial charge >= 0.3 is 6.03 Å². The third kappa shape index (κ3) is 3.48. The monoisotopic (exact) mass is 359 g/mol. The van der Waals surface area contributed by atoms with Crippen LogP contribution in [-0.4, -0.2) is 39.5 Å². The highest BCUT2D eigenvalue weighted by Gasteiger charge is 2.26. The Morgan fingerprint density at radius 1 is 1.11 bits per heavy atom. The van der Waals surface area contributed by atoms with Gasteiger partial charge in [0, 0.05) is 17.3 Å². The van der Waals surface area contributed by atoms with Crippen LogP contribution in [-0.2, 0) is 4.79 Å². The first-order valence-corrected chi connectivity index (χ1v) is 8.47. The lowest BCUT2D eigenvalue weighted by molar-refractivity contribution is -0.118. The van der Waals surface area contributed by atoms with E-state index in [0.717, 1.165) is 33.1 Å². The number of hydrogen-bond donors (Lipinski definition) is 1. The maximum atomic E-state index is 11.7. The number of aromatic nitrogens is 2. The van der Waals surface area contributed by atoms with Crippen LogP contribution < -0.4 is 5.32 Å². The van der Waals surface area contributed by atoms with Crippen LogP contribution in [0.1, 0.15) is 11.1 Å². The molecule has 0 aliphatic carbocycles. The van der Waals surface area contributed by atoms with Crippen LogP contribution in [0, 0.1) is 6.92 Å². The molecule has 7 nitrogen and oxygen atoms in total. The number of hydrazone groups is 1. The number of carbonyl (C=O) groups excluding carboxylic acids is 2. The van der Waals surface area contributed by atoms with Crippen molar-refractivity contribution in [2.75, 3.05) is 6.54 Å². The number of benzene rings is 2. The fourth-order valence-electron chi connectivity index (χ4n) is 2.87. The van der Waals surface area contributed by atoms with Gasteiger partial charge in [0.25, 0.3) is 0 Å². The summed E-state index contributed by atoms with van der Waals surface area (Å²) in [7, 11) is 0. The Bertz CT molecular complexity index is 1040. The molecule has 2 heterocycles. The van der Waals surface area contributed by atoms with Gasteiger partial charge in [0.2, 0.25) is 5.91 Å². The molecule has 0 unspecified atom stereocenters. The van der Waals surface area contributed by atoms with E-state index in [1.807, 2.05) is 67.7 Å². The van der Waals surface area contributed by atoms with Crippen LogP contribution in [0.2, 0.25) is 0 Å². The Morgan fingerprint density at radius 3 is 2.63 bits per heavy atom. The Labute approximate surface area is 155 Å². The number of nitrogens with one attached hydrogen (secondary N) is 1. The fourth-order valence-corrected chi connectivity index (χ4v) is 2.87. The lowest BCUT2D eigenvalue weighted by atomic mass is 10.1. The molecule has 7 heteroatoms. The molecule has 0 radical (unpaired) electrons. The molecule has 1 N–H and O–H groups in total. The van der Waals surface area contributed by atoms with E-state index in [-0.39, 0.29) is 12.5 Å². The highest BCUT2D eigenvalue weighted by atomic mass is 16.2. The van der Waals surface area contributed by atoms with Crippen LogP contribution in [0.25, 0.3) is 16.9 Å². The molecule has 1 aliphatic heterocycles. The fraction of sp³-hybridized carbons (Fsp3) is 0.100. The SMILES string of the molecule is Cc1cccc(-c2nn(-c3ccccc3)cc2/C=N\N2CC(=O)NC2=O)c1. The summed E-state index contributed by atoms with van der Waals surface area (Å²) in [5, 5.41) is 12.2. The van der Waals surface area contributed by atoms with Crippen molar-refractivity contribution in [1.29, 1.82) is 0 Å². The molecule has 1 aliphatic rings. The van der Waals surface area contributed by atoms with E-state index < -0.39 is 6.03 Å². The zero-order valence-electron chi connectivity index (χ0n) is 14.7. The van der Waals surface area contributed by atoms with Crippen molar-refractivity contribution in [1.82, 2.24) is 20.1 Å². The number of urea groups is 1. The maximum absolute atomic E-state index is 11.7. The molecule has 4 rings (SSSR count). The minimum absolute atomic E-state index is 0.0814. The zero-order valence-corrected chi connectivity index (χ0v) is 14.7. The van der Waals surface area contributed by atoms with Gasteiger partial charge < -0.3 is 0 Å². The Morgan fingerprint density at radius 2 is 1.93 bits per heavy atom. The van der Waals surface area contributed by atoms with Crippen molar-refractivity contribution in [3.05, 3.63) is 71.9 Å². The lowest BCUT2D eigenvalue weighted by Crippen LogP contribution is -2.24. The first kappa shape index (κ1) is 16.7.